The lowest BCUT2D eigenvalue weighted by atomic mass is 9.98. The van der Waals surface area contributed by atoms with Gasteiger partial charge in [-0.3, -0.25) is 0 Å². The van der Waals surface area contributed by atoms with Crippen LogP contribution in [0.4, 0.5) is 5.82 Å². The molecule has 4 N–H and O–H groups in total. The van der Waals surface area contributed by atoms with Gasteiger partial charge in [-0.1, -0.05) is 36.5 Å². The third-order valence-corrected chi connectivity index (χ3v) is 5.46. The van der Waals surface area contributed by atoms with Crippen LogP contribution in [-0.2, 0) is 13.0 Å². The van der Waals surface area contributed by atoms with Crippen molar-refractivity contribution in [2.75, 3.05) is 18.5 Å². The normalized spacial score (nSPS) is 13.8. The highest BCUT2D eigenvalue weighted by molar-refractivity contribution is 7.81. The Kier molecular flexibility index (Phi) is 5.76. The second-order valence-electron chi connectivity index (χ2n) is 6.98. The number of aromatic nitrogens is 1. The second-order valence-corrected chi connectivity index (χ2v) is 7.39. The fraction of sp³-hybridized carbons (Fsp3) is 0.174. The number of allylic oxidation sites excluding steroid dienone is 1. The minimum Gasteiger partial charge on any atom is -0.392 e. The van der Waals surface area contributed by atoms with E-state index < -0.39 is 0 Å². The minimum absolute atomic E-state index is 0.101. The van der Waals surface area contributed by atoms with E-state index in [2.05, 4.69) is 33.8 Å². The van der Waals surface area contributed by atoms with Gasteiger partial charge in [-0.25, -0.2) is 4.98 Å². The van der Waals surface area contributed by atoms with Gasteiger partial charge in [-0.15, -0.1) is 0 Å². The molecule has 0 bridgehead atoms. The molecule has 4 rings (SSSR count). The van der Waals surface area contributed by atoms with Crippen molar-refractivity contribution in [3.8, 4) is 0 Å². The van der Waals surface area contributed by atoms with Gasteiger partial charge in [0.2, 0.25) is 0 Å². The molecule has 1 aliphatic rings. The van der Waals surface area contributed by atoms with Gasteiger partial charge < -0.3 is 21.1 Å². The molecule has 0 radical (unpaired) electrons. The van der Waals surface area contributed by atoms with Crippen molar-refractivity contribution in [1.29, 1.82) is 5.41 Å². The molecule has 2 heterocycles. The zero-order valence-electron chi connectivity index (χ0n) is 15.9. The zero-order valence-corrected chi connectivity index (χ0v) is 16.7. The van der Waals surface area contributed by atoms with E-state index in [0.717, 1.165) is 41.4 Å². The maximum atomic E-state index is 9.15. The lowest BCUT2D eigenvalue weighted by Crippen LogP contribution is -2.24. The first kappa shape index (κ1) is 19.4. The van der Waals surface area contributed by atoms with E-state index >= 15 is 0 Å². The van der Waals surface area contributed by atoms with Crippen molar-refractivity contribution in [2.45, 2.75) is 13.0 Å². The van der Waals surface area contributed by atoms with Crippen LogP contribution in [0.1, 0.15) is 22.3 Å². The molecule has 0 amide bonds. The number of hydrogen-bond donors (Lipinski definition) is 4. The van der Waals surface area contributed by atoms with Crippen molar-refractivity contribution >= 4 is 45.6 Å². The monoisotopic (exact) mass is 402 g/mol. The lowest BCUT2D eigenvalue weighted by Gasteiger charge is -2.18. The second kappa shape index (κ2) is 8.61. The topological polar surface area (TPSA) is 81.0 Å². The van der Waals surface area contributed by atoms with Crippen LogP contribution in [0.25, 0.3) is 16.3 Å². The number of nitrogens with zero attached hydrogens (tertiary/aromatic N) is 1. The van der Waals surface area contributed by atoms with Gasteiger partial charge in [0.15, 0.2) is 0 Å². The van der Waals surface area contributed by atoms with Gasteiger partial charge >= 0.3 is 0 Å². The van der Waals surface area contributed by atoms with Crippen molar-refractivity contribution < 1.29 is 5.11 Å². The molecule has 0 aliphatic carbocycles. The van der Waals surface area contributed by atoms with Gasteiger partial charge in [0.05, 0.1) is 6.61 Å². The van der Waals surface area contributed by atoms with E-state index in [0.29, 0.717) is 16.4 Å². The molecule has 2 aromatic carbocycles. The number of hydrogen-bond acceptors (Lipinski definition) is 5. The van der Waals surface area contributed by atoms with Crippen LogP contribution in [-0.4, -0.2) is 34.4 Å². The van der Waals surface area contributed by atoms with Crippen molar-refractivity contribution in [2.24, 2.45) is 0 Å². The number of anilines is 1. The molecule has 0 saturated carbocycles. The number of thiocarbonyl (C=S) groups is 1. The van der Waals surface area contributed by atoms with Gasteiger partial charge in [-0.05, 0) is 64.9 Å². The maximum absolute atomic E-state index is 9.15. The number of benzene rings is 2. The Hall–Kier alpha value is -2.93. The summed E-state index contributed by atoms with van der Waals surface area (Å²) in [7, 11) is 0. The maximum Gasteiger partial charge on any atom is 0.131 e. The number of rotatable bonds is 5. The molecule has 6 heteroatoms. The number of pyridine rings is 1. The average Bonchev–Trinajstić information content (AvgIpc) is 2.76. The molecule has 3 aromatic rings. The molecule has 1 aliphatic heterocycles. The predicted molar refractivity (Wildman–Crippen MR) is 123 cm³/mol. The van der Waals surface area contributed by atoms with E-state index in [1.54, 1.807) is 12.3 Å². The first-order valence-electron chi connectivity index (χ1n) is 9.53. The highest BCUT2D eigenvalue weighted by atomic mass is 32.1. The minimum atomic E-state index is -0.101. The Balaban J connectivity index is 1.59. The number of aliphatic hydroxyl groups excluding tert-OH is 1. The van der Waals surface area contributed by atoms with E-state index in [1.807, 2.05) is 24.3 Å². The van der Waals surface area contributed by atoms with Crippen LogP contribution in [0.2, 0.25) is 0 Å². The lowest BCUT2D eigenvalue weighted by molar-refractivity contribution is 0.343. The van der Waals surface area contributed by atoms with Gasteiger partial charge in [-0.2, -0.15) is 0 Å². The highest BCUT2D eigenvalue weighted by Gasteiger charge is 2.11. The molecule has 5 nitrogen and oxygen atoms in total. The molecule has 0 fully saturated rings. The summed E-state index contributed by atoms with van der Waals surface area (Å²) in [4.78, 5) is 5.12. The fourth-order valence-corrected chi connectivity index (χ4v) is 3.79. The summed E-state index contributed by atoms with van der Waals surface area (Å²) < 4.78 is 0. The van der Waals surface area contributed by atoms with Crippen LogP contribution >= 0.6 is 12.2 Å². The van der Waals surface area contributed by atoms with E-state index in [9.17, 15) is 0 Å². The van der Waals surface area contributed by atoms with E-state index in [-0.39, 0.29) is 6.61 Å². The first-order chi connectivity index (χ1) is 14.2. The first-order valence-corrected chi connectivity index (χ1v) is 9.94. The van der Waals surface area contributed by atoms with Gasteiger partial charge in [0.25, 0.3) is 0 Å². The van der Waals surface area contributed by atoms with Crippen LogP contribution in [0.3, 0.4) is 0 Å². The summed E-state index contributed by atoms with van der Waals surface area (Å²) in [6.45, 7) is 1.79. The van der Waals surface area contributed by atoms with Crippen LogP contribution in [0.15, 0.2) is 54.7 Å². The van der Waals surface area contributed by atoms with Crippen molar-refractivity contribution in [3.63, 3.8) is 0 Å². The molecule has 0 spiro atoms. The third-order valence-electron chi connectivity index (χ3n) is 5.12. The fourth-order valence-electron chi connectivity index (χ4n) is 3.56. The molecular weight excluding hydrogens is 380 g/mol. The molecule has 0 atom stereocenters. The third kappa shape index (κ3) is 4.24. The summed E-state index contributed by atoms with van der Waals surface area (Å²) in [6.07, 6.45) is 5.72. The molecular formula is C23H22N4OS. The standard InChI is InChI=1S/C23H22N4OS/c24-12-18(6-8-28)16-2-4-19-14-26-22(11-20(19)9-16)27-23(29)17-3-1-15-5-7-25-13-21(15)10-17/h1-4,6,9-12,14,24-25,28H,5,7-8,13H2,(H,26,27,29)/b18-6-,24-12?. The summed E-state index contributed by atoms with van der Waals surface area (Å²) in [5.74, 6) is 0.679. The summed E-state index contributed by atoms with van der Waals surface area (Å²) in [5, 5.41) is 25.3. The molecule has 29 heavy (non-hydrogen) atoms. The van der Waals surface area contributed by atoms with Gasteiger partial charge in [0, 0.05) is 29.9 Å². The Morgan fingerprint density at radius 1 is 1.14 bits per heavy atom. The zero-order chi connectivity index (χ0) is 20.2. The van der Waals surface area contributed by atoms with Crippen LogP contribution in [0, 0.1) is 5.41 Å². The number of aliphatic hydroxyl groups is 1. The largest absolute Gasteiger partial charge is 0.392 e. The smallest absolute Gasteiger partial charge is 0.131 e. The quantitative estimate of drug-likeness (QED) is 0.387. The van der Waals surface area contributed by atoms with Crippen LogP contribution < -0.4 is 10.6 Å². The highest BCUT2D eigenvalue weighted by Crippen LogP contribution is 2.23. The summed E-state index contributed by atoms with van der Waals surface area (Å²) in [6, 6.07) is 14.2. The summed E-state index contributed by atoms with van der Waals surface area (Å²) >= 11 is 5.61. The Morgan fingerprint density at radius 3 is 2.83 bits per heavy atom. The molecule has 0 unspecified atom stereocenters. The summed E-state index contributed by atoms with van der Waals surface area (Å²) in [5.41, 5.74) is 5.21. The van der Waals surface area contributed by atoms with Crippen molar-refractivity contribution in [3.05, 3.63) is 77.0 Å². The number of nitrogens with one attached hydrogen (secondary N) is 3. The Labute approximate surface area is 175 Å². The SMILES string of the molecule is N=C/C(=C/CO)c1ccc2cnc(NC(=S)c3ccc4c(c3)CNCC4)cc2c1. The van der Waals surface area contributed by atoms with Crippen molar-refractivity contribution in [1.82, 2.24) is 10.3 Å². The van der Waals surface area contributed by atoms with Gasteiger partial charge in [0.1, 0.15) is 10.8 Å². The molecule has 146 valence electrons. The van der Waals surface area contributed by atoms with E-state index in [4.69, 9.17) is 22.7 Å². The Bertz CT molecular complexity index is 1120. The Morgan fingerprint density at radius 2 is 2.00 bits per heavy atom. The molecule has 0 saturated heterocycles. The predicted octanol–water partition coefficient (Wildman–Crippen LogP) is 3.69. The van der Waals surface area contributed by atoms with E-state index in [1.165, 1.54) is 17.3 Å². The molecule has 1 aromatic heterocycles. The van der Waals surface area contributed by atoms with Crippen LogP contribution in [0.5, 0.6) is 0 Å². The average molecular weight is 403 g/mol. The number of fused-ring (bicyclic) bond motifs is 2.